The number of hydrogen-bond donors (Lipinski definition) is 2. The summed E-state index contributed by atoms with van der Waals surface area (Å²) in [6.07, 6.45) is 6.85. The molecule has 3 aromatic rings. The Morgan fingerprint density at radius 1 is 0.960 bits per heavy atom. The predicted molar refractivity (Wildman–Crippen MR) is 102 cm³/mol. The summed E-state index contributed by atoms with van der Waals surface area (Å²) in [6, 6.07) is 19.2. The van der Waals surface area contributed by atoms with Crippen LogP contribution in [-0.2, 0) is 11.2 Å². The molecule has 0 saturated heterocycles. The van der Waals surface area contributed by atoms with Crippen LogP contribution in [-0.4, -0.2) is 16.9 Å². The number of aromatic amines is 1. The van der Waals surface area contributed by atoms with Crippen molar-refractivity contribution >= 4 is 16.8 Å². The molecule has 1 heterocycles. The highest BCUT2D eigenvalue weighted by molar-refractivity contribution is 5.88. The lowest BCUT2D eigenvalue weighted by atomic mass is 9.82. The zero-order chi connectivity index (χ0) is 17.1. The van der Waals surface area contributed by atoms with Crippen LogP contribution in [0.5, 0.6) is 0 Å². The minimum atomic E-state index is 0.132. The Kier molecular flexibility index (Phi) is 4.55. The third-order valence-electron chi connectivity index (χ3n) is 5.39. The molecule has 0 radical (unpaired) electrons. The third kappa shape index (κ3) is 3.60. The topological polar surface area (TPSA) is 44.9 Å². The molecule has 128 valence electrons. The van der Waals surface area contributed by atoms with E-state index in [0.29, 0.717) is 18.4 Å². The van der Waals surface area contributed by atoms with Gasteiger partial charge in [-0.15, -0.1) is 0 Å². The Morgan fingerprint density at radius 3 is 2.48 bits per heavy atom. The van der Waals surface area contributed by atoms with Gasteiger partial charge in [-0.25, -0.2) is 0 Å². The molecular weight excluding hydrogens is 308 g/mol. The number of aromatic nitrogens is 1. The molecule has 4 rings (SSSR count). The molecule has 0 aliphatic heterocycles. The molecule has 2 N–H and O–H groups in total. The number of para-hydroxylation sites is 1. The lowest BCUT2D eigenvalue weighted by Crippen LogP contribution is -2.38. The first-order valence-electron chi connectivity index (χ1n) is 9.19. The summed E-state index contributed by atoms with van der Waals surface area (Å²) in [5, 5.41) is 4.38. The highest BCUT2D eigenvalue weighted by atomic mass is 16.1. The van der Waals surface area contributed by atoms with Crippen LogP contribution in [0.4, 0.5) is 0 Å². The van der Waals surface area contributed by atoms with E-state index in [1.165, 1.54) is 5.56 Å². The number of carbonyl (C=O) groups is 1. The highest BCUT2D eigenvalue weighted by Gasteiger charge is 2.23. The van der Waals surface area contributed by atoms with Gasteiger partial charge in [0, 0.05) is 23.1 Å². The fraction of sp³-hybridized carbons (Fsp3) is 0.318. The van der Waals surface area contributed by atoms with Crippen LogP contribution in [0.25, 0.3) is 10.9 Å². The summed E-state index contributed by atoms with van der Waals surface area (Å²) in [7, 11) is 0. The zero-order valence-electron chi connectivity index (χ0n) is 14.4. The molecule has 1 fully saturated rings. The van der Waals surface area contributed by atoms with Gasteiger partial charge < -0.3 is 10.3 Å². The van der Waals surface area contributed by atoms with E-state index in [1.807, 2.05) is 24.4 Å². The molecule has 25 heavy (non-hydrogen) atoms. The summed E-state index contributed by atoms with van der Waals surface area (Å²) >= 11 is 0. The second kappa shape index (κ2) is 7.14. The summed E-state index contributed by atoms with van der Waals surface area (Å²) in [4.78, 5) is 15.7. The standard InChI is InChI=1S/C22H24N2O/c25-22(14-18-15-23-21-9-5-4-8-20(18)21)24-19-12-10-17(11-13-19)16-6-2-1-3-7-16/h1-9,15,17,19,23H,10-14H2,(H,24,25). The SMILES string of the molecule is O=C(Cc1c[nH]c2ccccc12)NC1CCC(c2ccccc2)CC1. The normalized spacial score (nSPS) is 20.5. The van der Waals surface area contributed by atoms with Crippen LogP contribution in [0, 0.1) is 0 Å². The van der Waals surface area contributed by atoms with Gasteiger partial charge in [0.25, 0.3) is 0 Å². The summed E-state index contributed by atoms with van der Waals surface area (Å²) in [6.45, 7) is 0. The monoisotopic (exact) mass is 332 g/mol. The number of hydrogen-bond acceptors (Lipinski definition) is 1. The molecule has 2 aromatic carbocycles. The van der Waals surface area contributed by atoms with Crippen molar-refractivity contribution in [1.29, 1.82) is 0 Å². The lowest BCUT2D eigenvalue weighted by Gasteiger charge is -2.29. The van der Waals surface area contributed by atoms with E-state index in [4.69, 9.17) is 0 Å². The molecule has 3 nitrogen and oxygen atoms in total. The van der Waals surface area contributed by atoms with Gasteiger partial charge in [-0.05, 0) is 48.8 Å². The first kappa shape index (κ1) is 15.9. The van der Waals surface area contributed by atoms with Gasteiger partial charge in [0.05, 0.1) is 6.42 Å². The number of nitrogens with one attached hydrogen (secondary N) is 2. The van der Waals surface area contributed by atoms with Gasteiger partial charge in [0.1, 0.15) is 0 Å². The molecular formula is C22H24N2O. The van der Waals surface area contributed by atoms with Crippen LogP contribution < -0.4 is 5.32 Å². The minimum absolute atomic E-state index is 0.132. The minimum Gasteiger partial charge on any atom is -0.361 e. The van der Waals surface area contributed by atoms with Gasteiger partial charge in [-0.2, -0.15) is 0 Å². The molecule has 1 amide bonds. The van der Waals surface area contributed by atoms with Gasteiger partial charge >= 0.3 is 0 Å². The Hall–Kier alpha value is -2.55. The molecule has 1 aliphatic rings. The van der Waals surface area contributed by atoms with Crippen molar-refractivity contribution in [2.45, 2.75) is 44.1 Å². The van der Waals surface area contributed by atoms with E-state index < -0.39 is 0 Å². The summed E-state index contributed by atoms with van der Waals surface area (Å²) in [5.74, 6) is 0.774. The van der Waals surface area contributed by atoms with Crippen LogP contribution >= 0.6 is 0 Å². The number of carbonyl (C=O) groups excluding carboxylic acids is 1. The number of benzene rings is 2. The summed E-state index contributed by atoms with van der Waals surface area (Å²) < 4.78 is 0. The average Bonchev–Trinajstić information content (AvgIpc) is 3.06. The Balaban J connectivity index is 1.32. The van der Waals surface area contributed by atoms with E-state index in [-0.39, 0.29) is 5.91 Å². The van der Waals surface area contributed by atoms with Crippen molar-refractivity contribution in [1.82, 2.24) is 10.3 Å². The van der Waals surface area contributed by atoms with Crippen LogP contribution in [0.2, 0.25) is 0 Å². The number of fused-ring (bicyclic) bond motifs is 1. The average molecular weight is 332 g/mol. The molecule has 0 atom stereocenters. The number of H-pyrrole nitrogens is 1. The zero-order valence-corrected chi connectivity index (χ0v) is 14.4. The molecule has 1 aromatic heterocycles. The van der Waals surface area contributed by atoms with Crippen molar-refractivity contribution in [3.05, 3.63) is 71.9 Å². The molecule has 3 heteroatoms. The maximum atomic E-state index is 12.4. The van der Waals surface area contributed by atoms with Crippen LogP contribution in [0.15, 0.2) is 60.8 Å². The largest absolute Gasteiger partial charge is 0.361 e. The smallest absolute Gasteiger partial charge is 0.224 e. The van der Waals surface area contributed by atoms with Crippen molar-refractivity contribution in [2.75, 3.05) is 0 Å². The quantitative estimate of drug-likeness (QED) is 0.723. The van der Waals surface area contributed by atoms with Gasteiger partial charge in [0.2, 0.25) is 5.91 Å². The Morgan fingerprint density at radius 2 is 1.68 bits per heavy atom. The maximum Gasteiger partial charge on any atom is 0.224 e. The van der Waals surface area contributed by atoms with Crippen molar-refractivity contribution in [3.8, 4) is 0 Å². The molecule has 0 spiro atoms. The second-order valence-corrected chi connectivity index (χ2v) is 7.06. The van der Waals surface area contributed by atoms with Crippen molar-refractivity contribution < 1.29 is 4.79 Å². The lowest BCUT2D eigenvalue weighted by molar-refractivity contribution is -0.121. The third-order valence-corrected chi connectivity index (χ3v) is 5.39. The highest BCUT2D eigenvalue weighted by Crippen LogP contribution is 2.32. The van der Waals surface area contributed by atoms with E-state index in [2.05, 4.69) is 46.7 Å². The maximum absolute atomic E-state index is 12.4. The van der Waals surface area contributed by atoms with E-state index in [9.17, 15) is 4.79 Å². The fourth-order valence-corrected chi connectivity index (χ4v) is 4.03. The van der Waals surface area contributed by atoms with Crippen molar-refractivity contribution in [2.24, 2.45) is 0 Å². The van der Waals surface area contributed by atoms with Gasteiger partial charge in [-0.3, -0.25) is 4.79 Å². The van der Waals surface area contributed by atoms with E-state index in [0.717, 1.165) is 42.1 Å². The van der Waals surface area contributed by atoms with Gasteiger partial charge in [-0.1, -0.05) is 48.5 Å². The van der Waals surface area contributed by atoms with Crippen molar-refractivity contribution in [3.63, 3.8) is 0 Å². The number of rotatable bonds is 4. The van der Waals surface area contributed by atoms with Crippen LogP contribution in [0.1, 0.15) is 42.7 Å². The van der Waals surface area contributed by atoms with Crippen LogP contribution in [0.3, 0.4) is 0 Å². The fourth-order valence-electron chi connectivity index (χ4n) is 4.03. The second-order valence-electron chi connectivity index (χ2n) is 7.06. The van der Waals surface area contributed by atoms with E-state index >= 15 is 0 Å². The first-order valence-corrected chi connectivity index (χ1v) is 9.19. The van der Waals surface area contributed by atoms with Gasteiger partial charge in [0.15, 0.2) is 0 Å². The number of amides is 1. The summed E-state index contributed by atoms with van der Waals surface area (Å²) in [5.41, 5.74) is 3.60. The first-order chi connectivity index (χ1) is 12.3. The Bertz CT molecular complexity index is 845. The molecule has 1 saturated carbocycles. The molecule has 0 unspecified atom stereocenters. The van der Waals surface area contributed by atoms with E-state index in [1.54, 1.807) is 0 Å². The Labute approximate surface area is 148 Å². The molecule has 1 aliphatic carbocycles. The predicted octanol–water partition coefficient (Wildman–Crippen LogP) is 4.55. The molecule has 0 bridgehead atoms.